The average Bonchev–Trinajstić information content (AvgIpc) is 2.91. The molecule has 7 heteroatoms. The third-order valence-electron chi connectivity index (χ3n) is 4.44. The number of likely N-dealkylation sites (tertiary alicyclic amines) is 1. The van der Waals surface area contributed by atoms with Gasteiger partial charge in [0.15, 0.2) is 11.8 Å². The number of carbonyl (C=O) groups excluding carboxylic acids is 2. The van der Waals surface area contributed by atoms with Crippen molar-refractivity contribution in [2.75, 3.05) is 13.1 Å². The van der Waals surface area contributed by atoms with E-state index in [0.29, 0.717) is 23.9 Å². The zero-order valence-electron chi connectivity index (χ0n) is 14.2. The van der Waals surface area contributed by atoms with Gasteiger partial charge in [-0.25, -0.2) is 9.89 Å². The van der Waals surface area contributed by atoms with Gasteiger partial charge in [-0.2, -0.15) is 5.10 Å². The molecule has 7 nitrogen and oxygen atoms in total. The predicted octanol–water partition coefficient (Wildman–Crippen LogP) is 1.87. The molecule has 1 atom stereocenters. The number of hydrogen-bond donors (Lipinski definition) is 1. The molecule has 0 bridgehead atoms. The molecule has 0 radical (unpaired) electrons. The van der Waals surface area contributed by atoms with Crippen molar-refractivity contribution >= 4 is 22.6 Å². The lowest BCUT2D eigenvalue weighted by Crippen LogP contribution is -2.40. The highest BCUT2D eigenvalue weighted by Gasteiger charge is 2.26. The predicted molar refractivity (Wildman–Crippen MR) is 92.3 cm³/mol. The van der Waals surface area contributed by atoms with Crippen LogP contribution in [0.15, 0.2) is 29.1 Å². The zero-order chi connectivity index (χ0) is 17.8. The summed E-state index contributed by atoms with van der Waals surface area (Å²) in [6.07, 6.45) is 3.28. The standard InChI is InChI=1S/C18H21N3O4/c1-12(17(23)21-10-6-2-3-7-11-21)25-18(24)15-13-8-4-5-9-14(13)16(22)20-19-15/h4-5,8-9,12H,2-3,6-7,10-11H2,1H3,(H,20,22)/t12-/m0/s1. The number of benzene rings is 1. The maximum absolute atomic E-state index is 12.5. The Labute approximate surface area is 145 Å². The summed E-state index contributed by atoms with van der Waals surface area (Å²) in [6, 6.07) is 6.66. The largest absolute Gasteiger partial charge is 0.448 e. The fraction of sp³-hybridized carbons (Fsp3) is 0.444. The van der Waals surface area contributed by atoms with Crippen LogP contribution >= 0.6 is 0 Å². The van der Waals surface area contributed by atoms with E-state index in [-0.39, 0.29) is 17.2 Å². The molecule has 132 valence electrons. The van der Waals surface area contributed by atoms with Crippen LogP contribution in [0.5, 0.6) is 0 Å². The molecule has 0 aliphatic carbocycles. The highest BCUT2D eigenvalue weighted by molar-refractivity contribution is 6.02. The van der Waals surface area contributed by atoms with E-state index in [4.69, 9.17) is 4.74 Å². The summed E-state index contributed by atoms with van der Waals surface area (Å²) in [5.41, 5.74) is -0.369. The highest BCUT2D eigenvalue weighted by Crippen LogP contribution is 2.16. The highest BCUT2D eigenvalue weighted by atomic mass is 16.5. The van der Waals surface area contributed by atoms with Crippen molar-refractivity contribution in [1.82, 2.24) is 15.1 Å². The van der Waals surface area contributed by atoms with E-state index in [2.05, 4.69) is 10.2 Å². The monoisotopic (exact) mass is 343 g/mol. The molecule has 3 rings (SSSR count). The van der Waals surface area contributed by atoms with Crippen molar-refractivity contribution in [1.29, 1.82) is 0 Å². The molecule has 1 fully saturated rings. The van der Waals surface area contributed by atoms with E-state index < -0.39 is 12.1 Å². The van der Waals surface area contributed by atoms with Gasteiger partial charge >= 0.3 is 5.97 Å². The molecule has 25 heavy (non-hydrogen) atoms. The number of fused-ring (bicyclic) bond motifs is 1. The quantitative estimate of drug-likeness (QED) is 0.859. The number of hydrogen-bond acceptors (Lipinski definition) is 5. The van der Waals surface area contributed by atoms with Gasteiger partial charge in [0.25, 0.3) is 11.5 Å². The molecule has 1 aliphatic heterocycles. The number of nitrogens with zero attached hydrogens (tertiary/aromatic N) is 2. The van der Waals surface area contributed by atoms with Crippen molar-refractivity contribution in [3.05, 3.63) is 40.3 Å². The number of ether oxygens (including phenoxy) is 1. The average molecular weight is 343 g/mol. The molecule has 1 aromatic heterocycles. The molecule has 1 aromatic carbocycles. The van der Waals surface area contributed by atoms with Crippen LogP contribution in [-0.4, -0.2) is 46.2 Å². The fourth-order valence-electron chi connectivity index (χ4n) is 3.09. The summed E-state index contributed by atoms with van der Waals surface area (Å²) >= 11 is 0. The molecule has 0 saturated carbocycles. The lowest BCUT2D eigenvalue weighted by atomic mass is 10.1. The minimum atomic E-state index is -0.891. The minimum absolute atomic E-state index is 0.00529. The lowest BCUT2D eigenvalue weighted by Gasteiger charge is -2.23. The van der Waals surface area contributed by atoms with Gasteiger partial charge in [0.05, 0.1) is 5.39 Å². The van der Waals surface area contributed by atoms with Crippen LogP contribution in [0.25, 0.3) is 10.8 Å². The first-order valence-electron chi connectivity index (χ1n) is 8.55. The number of rotatable bonds is 3. The first-order chi connectivity index (χ1) is 12.1. The molecular weight excluding hydrogens is 322 g/mol. The van der Waals surface area contributed by atoms with Crippen molar-refractivity contribution in [2.45, 2.75) is 38.7 Å². The van der Waals surface area contributed by atoms with Gasteiger partial charge in [0, 0.05) is 18.5 Å². The SMILES string of the molecule is C[C@H](OC(=O)c1n[nH]c(=O)c2ccccc12)C(=O)N1CCCCCC1. The Morgan fingerprint density at radius 3 is 2.44 bits per heavy atom. The van der Waals surface area contributed by atoms with Crippen LogP contribution in [0.3, 0.4) is 0 Å². The van der Waals surface area contributed by atoms with E-state index in [1.165, 1.54) is 0 Å². The van der Waals surface area contributed by atoms with Crippen molar-refractivity contribution in [3.63, 3.8) is 0 Å². The van der Waals surface area contributed by atoms with Crippen LogP contribution in [-0.2, 0) is 9.53 Å². The Kier molecular flexibility index (Phi) is 5.11. The topological polar surface area (TPSA) is 92.4 Å². The normalized spacial score (nSPS) is 16.3. The van der Waals surface area contributed by atoms with Crippen LogP contribution < -0.4 is 5.56 Å². The molecule has 1 saturated heterocycles. The second-order valence-corrected chi connectivity index (χ2v) is 6.23. The maximum atomic E-state index is 12.5. The summed E-state index contributed by atoms with van der Waals surface area (Å²) in [5, 5.41) is 6.87. The van der Waals surface area contributed by atoms with Gasteiger partial charge in [0.2, 0.25) is 0 Å². The first-order valence-corrected chi connectivity index (χ1v) is 8.55. The minimum Gasteiger partial charge on any atom is -0.448 e. The summed E-state index contributed by atoms with van der Waals surface area (Å²) in [5.74, 6) is -0.910. The van der Waals surface area contributed by atoms with Crippen molar-refractivity contribution in [3.8, 4) is 0 Å². The zero-order valence-corrected chi connectivity index (χ0v) is 14.2. The Balaban J connectivity index is 1.77. The van der Waals surface area contributed by atoms with E-state index in [1.807, 2.05) is 0 Å². The number of esters is 1. The van der Waals surface area contributed by atoms with E-state index in [9.17, 15) is 14.4 Å². The Morgan fingerprint density at radius 2 is 1.76 bits per heavy atom. The van der Waals surface area contributed by atoms with E-state index >= 15 is 0 Å². The molecule has 2 aromatic rings. The van der Waals surface area contributed by atoms with Crippen LogP contribution in [0.1, 0.15) is 43.1 Å². The summed E-state index contributed by atoms with van der Waals surface area (Å²) in [4.78, 5) is 38.5. The smallest absolute Gasteiger partial charge is 0.360 e. The van der Waals surface area contributed by atoms with Crippen molar-refractivity contribution in [2.24, 2.45) is 0 Å². The number of aromatic amines is 1. The summed E-state index contributed by atoms with van der Waals surface area (Å²) in [6.45, 7) is 2.96. The van der Waals surface area contributed by atoms with Gasteiger partial charge in [0.1, 0.15) is 0 Å². The lowest BCUT2D eigenvalue weighted by molar-refractivity contribution is -0.139. The van der Waals surface area contributed by atoms with E-state index in [1.54, 1.807) is 36.1 Å². The molecule has 2 heterocycles. The Morgan fingerprint density at radius 1 is 1.12 bits per heavy atom. The van der Waals surface area contributed by atoms with Gasteiger partial charge in [-0.05, 0) is 25.8 Å². The number of H-pyrrole nitrogens is 1. The summed E-state index contributed by atoms with van der Waals surface area (Å²) in [7, 11) is 0. The van der Waals surface area contributed by atoms with Crippen LogP contribution in [0.2, 0.25) is 0 Å². The molecule has 1 aliphatic rings. The Hall–Kier alpha value is -2.70. The maximum Gasteiger partial charge on any atom is 0.360 e. The molecule has 0 spiro atoms. The van der Waals surface area contributed by atoms with Crippen LogP contribution in [0, 0.1) is 0 Å². The third kappa shape index (κ3) is 3.70. The van der Waals surface area contributed by atoms with Crippen LogP contribution in [0.4, 0.5) is 0 Å². The second kappa shape index (κ2) is 7.46. The fourth-order valence-corrected chi connectivity index (χ4v) is 3.09. The summed E-state index contributed by atoms with van der Waals surface area (Å²) < 4.78 is 5.33. The number of aromatic nitrogens is 2. The number of amides is 1. The Bertz CT molecular complexity index is 838. The number of carbonyl (C=O) groups is 2. The van der Waals surface area contributed by atoms with Crippen molar-refractivity contribution < 1.29 is 14.3 Å². The van der Waals surface area contributed by atoms with Gasteiger partial charge in [-0.3, -0.25) is 9.59 Å². The van der Waals surface area contributed by atoms with E-state index in [0.717, 1.165) is 25.7 Å². The van der Waals surface area contributed by atoms with Gasteiger partial charge in [-0.15, -0.1) is 0 Å². The van der Waals surface area contributed by atoms with Gasteiger partial charge < -0.3 is 9.64 Å². The molecule has 1 N–H and O–H groups in total. The number of nitrogens with one attached hydrogen (secondary N) is 1. The molecule has 1 amide bonds. The first kappa shape index (κ1) is 17.1. The molecule has 0 unspecified atom stereocenters. The van der Waals surface area contributed by atoms with Gasteiger partial charge in [-0.1, -0.05) is 31.0 Å². The second-order valence-electron chi connectivity index (χ2n) is 6.23. The molecular formula is C18H21N3O4. The third-order valence-corrected chi connectivity index (χ3v) is 4.44.